The van der Waals surface area contributed by atoms with Crippen molar-refractivity contribution >= 4 is 0 Å². The zero-order valence-corrected chi connectivity index (χ0v) is 14.4. The molecule has 3 rings (SSSR count). The van der Waals surface area contributed by atoms with Gasteiger partial charge < -0.3 is 4.74 Å². The minimum Gasteiger partial charge on any atom is -0.494 e. The van der Waals surface area contributed by atoms with E-state index in [9.17, 15) is 13.2 Å². The molecular formula is C22H19F3O. The van der Waals surface area contributed by atoms with Crippen LogP contribution in [0.15, 0.2) is 60.7 Å². The van der Waals surface area contributed by atoms with Crippen LogP contribution >= 0.6 is 0 Å². The summed E-state index contributed by atoms with van der Waals surface area (Å²) in [6.07, 6.45) is 1.97. The van der Waals surface area contributed by atoms with E-state index in [0.29, 0.717) is 23.5 Å². The van der Waals surface area contributed by atoms with Crippen molar-refractivity contribution in [2.24, 2.45) is 0 Å². The third-order valence-electron chi connectivity index (χ3n) is 4.17. The van der Waals surface area contributed by atoms with E-state index in [1.807, 2.05) is 0 Å². The summed E-state index contributed by atoms with van der Waals surface area (Å²) < 4.78 is 48.2. The molecule has 3 aromatic rings. The first-order valence-corrected chi connectivity index (χ1v) is 8.58. The van der Waals surface area contributed by atoms with Crippen molar-refractivity contribution in [1.29, 1.82) is 0 Å². The molecule has 0 unspecified atom stereocenters. The molecule has 4 heteroatoms. The SMILES string of the molecule is CCCCOc1ccc(-c2c(-c3ccccc3F)ccc(F)c2F)cc1. The molecule has 0 radical (unpaired) electrons. The predicted molar refractivity (Wildman–Crippen MR) is 97.6 cm³/mol. The summed E-state index contributed by atoms with van der Waals surface area (Å²) >= 11 is 0. The Bertz CT molecular complexity index is 888. The molecule has 0 atom stereocenters. The average molecular weight is 356 g/mol. The molecule has 134 valence electrons. The van der Waals surface area contributed by atoms with E-state index < -0.39 is 17.5 Å². The van der Waals surface area contributed by atoms with Gasteiger partial charge in [-0.15, -0.1) is 0 Å². The molecule has 0 aliphatic heterocycles. The number of benzene rings is 3. The maximum absolute atomic E-state index is 14.6. The number of halogens is 3. The Hall–Kier alpha value is -2.75. The Labute approximate surface area is 151 Å². The number of hydrogen-bond donors (Lipinski definition) is 0. The van der Waals surface area contributed by atoms with Crippen molar-refractivity contribution in [3.63, 3.8) is 0 Å². The normalized spacial score (nSPS) is 10.8. The summed E-state index contributed by atoms with van der Waals surface area (Å²) in [5.74, 6) is -1.79. The molecule has 0 spiro atoms. The van der Waals surface area contributed by atoms with Gasteiger partial charge in [-0.05, 0) is 41.8 Å². The number of hydrogen-bond acceptors (Lipinski definition) is 1. The first kappa shape index (κ1) is 18.1. The lowest BCUT2D eigenvalue weighted by atomic mass is 9.93. The van der Waals surface area contributed by atoms with Crippen LogP contribution in [0, 0.1) is 17.5 Å². The maximum atomic E-state index is 14.6. The monoisotopic (exact) mass is 356 g/mol. The van der Waals surface area contributed by atoms with Gasteiger partial charge in [-0.25, -0.2) is 13.2 Å². The highest BCUT2D eigenvalue weighted by Gasteiger charge is 2.18. The molecule has 0 aliphatic carbocycles. The smallest absolute Gasteiger partial charge is 0.167 e. The van der Waals surface area contributed by atoms with Crippen molar-refractivity contribution in [3.05, 3.63) is 78.1 Å². The van der Waals surface area contributed by atoms with Crippen LogP contribution in [-0.4, -0.2) is 6.61 Å². The van der Waals surface area contributed by atoms with Gasteiger partial charge in [0.2, 0.25) is 0 Å². The van der Waals surface area contributed by atoms with Gasteiger partial charge in [0.15, 0.2) is 11.6 Å². The predicted octanol–water partition coefficient (Wildman–Crippen LogP) is 6.62. The van der Waals surface area contributed by atoms with Gasteiger partial charge in [-0.3, -0.25) is 0 Å². The molecular weight excluding hydrogens is 337 g/mol. The highest BCUT2D eigenvalue weighted by molar-refractivity contribution is 5.84. The summed E-state index contributed by atoms with van der Waals surface area (Å²) in [7, 11) is 0. The van der Waals surface area contributed by atoms with Crippen molar-refractivity contribution in [3.8, 4) is 28.0 Å². The summed E-state index contributed by atoms with van der Waals surface area (Å²) in [6.45, 7) is 2.67. The molecule has 3 aromatic carbocycles. The average Bonchev–Trinajstić information content (AvgIpc) is 2.65. The molecule has 26 heavy (non-hydrogen) atoms. The summed E-state index contributed by atoms with van der Waals surface area (Å²) in [6, 6.07) is 15.2. The summed E-state index contributed by atoms with van der Waals surface area (Å²) in [5, 5.41) is 0. The third-order valence-corrected chi connectivity index (χ3v) is 4.17. The molecule has 0 aliphatic rings. The Morgan fingerprint density at radius 1 is 0.769 bits per heavy atom. The van der Waals surface area contributed by atoms with Gasteiger partial charge in [0, 0.05) is 11.1 Å². The van der Waals surface area contributed by atoms with Crippen LogP contribution in [0.1, 0.15) is 19.8 Å². The van der Waals surface area contributed by atoms with Gasteiger partial charge in [-0.2, -0.15) is 0 Å². The highest BCUT2D eigenvalue weighted by Crippen LogP contribution is 2.37. The first-order valence-electron chi connectivity index (χ1n) is 8.58. The van der Waals surface area contributed by atoms with E-state index in [0.717, 1.165) is 18.9 Å². The van der Waals surface area contributed by atoms with Crippen LogP contribution < -0.4 is 4.74 Å². The summed E-state index contributed by atoms with van der Waals surface area (Å²) in [4.78, 5) is 0. The molecule has 0 N–H and O–H groups in total. The molecule has 0 saturated carbocycles. The fourth-order valence-electron chi connectivity index (χ4n) is 2.79. The lowest BCUT2D eigenvalue weighted by Crippen LogP contribution is -1.97. The molecule has 1 nitrogen and oxygen atoms in total. The third kappa shape index (κ3) is 3.74. The van der Waals surface area contributed by atoms with Crippen LogP contribution in [0.25, 0.3) is 22.3 Å². The minimum absolute atomic E-state index is 0.0372. The van der Waals surface area contributed by atoms with Crippen LogP contribution in [0.5, 0.6) is 5.75 Å². The first-order chi connectivity index (χ1) is 12.6. The second-order valence-electron chi connectivity index (χ2n) is 5.99. The Balaban J connectivity index is 2.04. The van der Waals surface area contributed by atoms with E-state index in [1.54, 1.807) is 42.5 Å². The lowest BCUT2D eigenvalue weighted by Gasteiger charge is -2.13. The van der Waals surface area contributed by atoms with E-state index in [1.165, 1.54) is 12.1 Å². The highest BCUT2D eigenvalue weighted by atomic mass is 19.2. The summed E-state index contributed by atoms with van der Waals surface area (Å²) in [5.41, 5.74) is 1.03. The van der Waals surface area contributed by atoms with E-state index >= 15 is 0 Å². The topological polar surface area (TPSA) is 9.23 Å². The fourth-order valence-corrected chi connectivity index (χ4v) is 2.79. The van der Waals surface area contributed by atoms with Crippen molar-refractivity contribution < 1.29 is 17.9 Å². The molecule has 0 bridgehead atoms. The lowest BCUT2D eigenvalue weighted by molar-refractivity contribution is 0.309. The number of ether oxygens (including phenoxy) is 1. The van der Waals surface area contributed by atoms with Gasteiger partial charge in [0.1, 0.15) is 11.6 Å². The van der Waals surface area contributed by atoms with E-state index in [2.05, 4.69) is 6.92 Å². The van der Waals surface area contributed by atoms with Gasteiger partial charge in [0.05, 0.1) is 6.61 Å². The van der Waals surface area contributed by atoms with Gasteiger partial charge in [-0.1, -0.05) is 49.7 Å². The van der Waals surface area contributed by atoms with Crippen molar-refractivity contribution in [1.82, 2.24) is 0 Å². The fraction of sp³-hybridized carbons (Fsp3) is 0.182. The van der Waals surface area contributed by atoms with Crippen LogP contribution in [-0.2, 0) is 0 Å². The Morgan fingerprint density at radius 3 is 2.19 bits per heavy atom. The molecule has 0 aromatic heterocycles. The van der Waals surface area contributed by atoms with E-state index in [-0.39, 0.29) is 11.1 Å². The minimum atomic E-state index is -0.995. The second-order valence-corrected chi connectivity index (χ2v) is 5.99. The van der Waals surface area contributed by atoms with Crippen LogP contribution in [0.4, 0.5) is 13.2 Å². The second kappa shape index (κ2) is 8.09. The standard InChI is InChI=1S/C22H19F3O/c1-2-3-14-26-16-10-8-15(9-11-16)21-18(12-13-20(24)22(21)25)17-6-4-5-7-19(17)23/h4-13H,2-3,14H2,1H3. The molecule has 0 amide bonds. The number of rotatable bonds is 6. The zero-order valence-electron chi connectivity index (χ0n) is 14.4. The van der Waals surface area contributed by atoms with Crippen molar-refractivity contribution in [2.45, 2.75) is 19.8 Å². The molecule has 0 fully saturated rings. The number of unbranched alkanes of at least 4 members (excludes halogenated alkanes) is 1. The Morgan fingerprint density at radius 2 is 1.50 bits per heavy atom. The van der Waals surface area contributed by atoms with Gasteiger partial charge in [0.25, 0.3) is 0 Å². The van der Waals surface area contributed by atoms with Crippen LogP contribution in [0.2, 0.25) is 0 Å². The van der Waals surface area contributed by atoms with Gasteiger partial charge >= 0.3 is 0 Å². The molecule has 0 saturated heterocycles. The Kier molecular flexibility index (Phi) is 5.61. The zero-order chi connectivity index (χ0) is 18.5. The quantitative estimate of drug-likeness (QED) is 0.451. The van der Waals surface area contributed by atoms with E-state index in [4.69, 9.17) is 4.74 Å². The largest absolute Gasteiger partial charge is 0.494 e. The van der Waals surface area contributed by atoms with Crippen molar-refractivity contribution in [2.75, 3.05) is 6.61 Å². The van der Waals surface area contributed by atoms with Crippen LogP contribution in [0.3, 0.4) is 0 Å². The molecule has 0 heterocycles. The maximum Gasteiger partial charge on any atom is 0.167 e.